The SMILES string of the molecule is O=C(c1ccccc1)c1cnc2ccccc2c1C(=O)[O-]. The van der Waals surface area contributed by atoms with Crippen LogP contribution in [-0.2, 0) is 0 Å². The van der Waals surface area contributed by atoms with Crippen molar-refractivity contribution in [1.29, 1.82) is 0 Å². The van der Waals surface area contributed by atoms with E-state index in [4.69, 9.17) is 0 Å². The van der Waals surface area contributed by atoms with Crippen LogP contribution >= 0.6 is 0 Å². The van der Waals surface area contributed by atoms with E-state index < -0.39 is 5.97 Å². The van der Waals surface area contributed by atoms with Crippen LogP contribution in [0.15, 0.2) is 60.8 Å². The first-order valence-electron chi connectivity index (χ1n) is 6.37. The number of aromatic carboxylic acids is 1. The van der Waals surface area contributed by atoms with Gasteiger partial charge in [-0.3, -0.25) is 9.78 Å². The van der Waals surface area contributed by atoms with Crippen LogP contribution in [0.5, 0.6) is 0 Å². The van der Waals surface area contributed by atoms with Crippen LogP contribution in [0.3, 0.4) is 0 Å². The van der Waals surface area contributed by atoms with E-state index in [9.17, 15) is 14.7 Å². The van der Waals surface area contributed by atoms with Crippen molar-refractivity contribution in [2.45, 2.75) is 0 Å². The molecule has 0 saturated carbocycles. The van der Waals surface area contributed by atoms with Gasteiger partial charge in [0.15, 0.2) is 5.78 Å². The summed E-state index contributed by atoms with van der Waals surface area (Å²) in [5, 5.41) is 11.9. The summed E-state index contributed by atoms with van der Waals surface area (Å²) in [4.78, 5) is 28.1. The summed E-state index contributed by atoms with van der Waals surface area (Å²) in [6.07, 6.45) is 1.29. The quantitative estimate of drug-likeness (QED) is 0.684. The fourth-order valence-corrected chi connectivity index (χ4v) is 2.28. The van der Waals surface area contributed by atoms with Crippen molar-refractivity contribution in [3.8, 4) is 0 Å². The largest absolute Gasteiger partial charge is 0.545 e. The van der Waals surface area contributed by atoms with Gasteiger partial charge in [-0.15, -0.1) is 0 Å². The van der Waals surface area contributed by atoms with Crippen molar-refractivity contribution >= 4 is 22.7 Å². The second kappa shape index (κ2) is 5.17. The Morgan fingerprint density at radius 1 is 0.905 bits per heavy atom. The number of ketones is 1. The smallest absolute Gasteiger partial charge is 0.195 e. The fourth-order valence-electron chi connectivity index (χ4n) is 2.28. The molecule has 0 amide bonds. The highest BCUT2D eigenvalue weighted by Crippen LogP contribution is 2.22. The number of fused-ring (bicyclic) bond motifs is 1. The molecule has 4 heteroatoms. The highest BCUT2D eigenvalue weighted by atomic mass is 16.4. The molecule has 2 aromatic carbocycles. The van der Waals surface area contributed by atoms with Gasteiger partial charge in [-0.2, -0.15) is 0 Å². The minimum atomic E-state index is -1.38. The summed E-state index contributed by atoms with van der Waals surface area (Å²) >= 11 is 0. The fraction of sp³-hybridized carbons (Fsp3) is 0. The van der Waals surface area contributed by atoms with Crippen molar-refractivity contribution < 1.29 is 14.7 Å². The maximum Gasteiger partial charge on any atom is 0.195 e. The Balaban J connectivity index is 2.26. The van der Waals surface area contributed by atoms with Crippen molar-refractivity contribution in [2.75, 3.05) is 0 Å². The number of hydrogen-bond donors (Lipinski definition) is 0. The van der Waals surface area contributed by atoms with Gasteiger partial charge in [-0.25, -0.2) is 0 Å². The Bertz CT molecular complexity index is 841. The molecule has 0 spiro atoms. The first-order valence-corrected chi connectivity index (χ1v) is 6.37. The Kier molecular flexibility index (Phi) is 3.20. The molecule has 0 N–H and O–H groups in total. The van der Waals surface area contributed by atoms with Gasteiger partial charge < -0.3 is 9.90 Å². The number of carbonyl (C=O) groups is 2. The molecule has 0 bridgehead atoms. The molecule has 4 nitrogen and oxygen atoms in total. The molecule has 0 aliphatic heterocycles. The van der Waals surface area contributed by atoms with Gasteiger partial charge in [-0.05, 0) is 6.07 Å². The van der Waals surface area contributed by atoms with Gasteiger partial charge in [0.2, 0.25) is 0 Å². The number of rotatable bonds is 3. The maximum absolute atomic E-state index is 12.5. The number of carbonyl (C=O) groups excluding carboxylic acids is 2. The molecule has 0 atom stereocenters. The lowest BCUT2D eigenvalue weighted by molar-refractivity contribution is -0.254. The minimum Gasteiger partial charge on any atom is -0.545 e. The van der Waals surface area contributed by atoms with Crippen LogP contribution in [0, 0.1) is 0 Å². The Hall–Kier alpha value is -3.01. The molecule has 0 radical (unpaired) electrons. The third-order valence-corrected chi connectivity index (χ3v) is 3.26. The predicted molar refractivity (Wildman–Crippen MR) is 75.9 cm³/mol. The predicted octanol–water partition coefficient (Wildman–Crippen LogP) is 1.83. The average molecular weight is 276 g/mol. The lowest BCUT2D eigenvalue weighted by Crippen LogP contribution is -2.25. The topological polar surface area (TPSA) is 70.1 Å². The number of carboxylic acids is 1. The number of pyridine rings is 1. The van der Waals surface area contributed by atoms with Gasteiger partial charge >= 0.3 is 0 Å². The molecular weight excluding hydrogens is 266 g/mol. The van der Waals surface area contributed by atoms with E-state index in [1.807, 2.05) is 0 Å². The van der Waals surface area contributed by atoms with Gasteiger partial charge in [-0.1, -0.05) is 48.5 Å². The summed E-state index contributed by atoms with van der Waals surface area (Å²) in [6, 6.07) is 15.3. The summed E-state index contributed by atoms with van der Waals surface area (Å²) < 4.78 is 0. The summed E-state index contributed by atoms with van der Waals surface area (Å²) in [5.41, 5.74) is 0.854. The standard InChI is InChI=1S/C17H11NO3/c19-16(11-6-2-1-3-7-11)13-10-18-14-9-5-4-8-12(14)15(13)17(20)21/h1-10H,(H,20,21)/p-1. The number of nitrogens with zero attached hydrogens (tertiary/aromatic N) is 1. The van der Waals surface area contributed by atoms with Gasteiger partial charge in [0, 0.05) is 22.7 Å². The second-order valence-electron chi connectivity index (χ2n) is 4.55. The Morgan fingerprint density at radius 2 is 1.57 bits per heavy atom. The van der Waals surface area contributed by atoms with E-state index in [0.29, 0.717) is 16.5 Å². The number of aromatic nitrogens is 1. The second-order valence-corrected chi connectivity index (χ2v) is 4.55. The van der Waals surface area contributed by atoms with E-state index in [1.54, 1.807) is 54.6 Å². The summed E-state index contributed by atoms with van der Waals surface area (Å²) in [6.45, 7) is 0. The van der Waals surface area contributed by atoms with Gasteiger partial charge in [0.05, 0.1) is 17.0 Å². The molecule has 3 rings (SSSR count). The average Bonchev–Trinajstić information content (AvgIpc) is 2.53. The molecule has 0 saturated heterocycles. The van der Waals surface area contributed by atoms with E-state index in [-0.39, 0.29) is 16.9 Å². The monoisotopic (exact) mass is 276 g/mol. The van der Waals surface area contributed by atoms with E-state index in [0.717, 1.165) is 0 Å². The van der Waals surface area contributed by atoms with Crippen LogP contribution < -0.4 is 5.11 Å². The van der Waals surface area contributed by atoms with Crippen LogP contribution in [0.25, 0.3) is 10.9 Å². The van der Waals surface area contributed by atoms with Crippen molar-refractivity contribution in [3.05, 3.63) is 77.5 Å². The molecule has 0 fully saturated rings. The first kappa shape index (κ1) is 13.0. The lowest BCUT2D eigenvalue weighted by atomic mass is 9.97. The van der Waals surface area contributed by atoms with Crippen molar-refractivity contribution in [2.24, 2.45) is 0 Å². The molecule has 0 aliphatic rings. The van der Waals surface area contributed by atoms with Gasteiger partial charge in [0.1, 0.15) is 0 Å². The molecule has 21 heavy (non-hydrogen) atoms. The molecule has 0 aliphatic carbocycles. The zero-order valence-electron chi connectivity index (χ0n) is 10.9. The highest BCUT2D eigenvalue weighted by molar-refractivity contribution is 6.17. The number of hydrogen-bond acceptors (Lipinski definition) is 4. The van der Waals surface area contributed by atoms with Crippen LogP contribution in [0.4, 0.5) is 0 Å². The van der Waals surface area contributed by atoms with E-state index in [1.165, 1.54) is 6.20 Å². The van der Waals surface area contributed by atoms with Crippen LogP contribution in [0.2, 0.25) is 0 Å². The molecule has 102 valence electrons. The number of carboxylic acid groups (broad SMARTS) is 1. The summed E-state index contributed by atoms with van der Waals surface area (Å²) in [7, 11) is 0. The number of benzene rings is 2. The molecule has 1 aromatic heterocycles. The maximum atomic E-state index is 12.5. The third-order valence-electron chi connectivity index (χ3n) is 3.26. The van der Waals surface area contributed by atoms with E-state index >= 15 is 0 Å². The third kappa shape index (κ3) is 2.27. The molecular formula is C17H10NO3-. The van der Waals surface area contributed by atoms with E-state index in [2.05, 4.69) is 4.98 Å². The lowest BCUT2D eigenvalue weighted by Gasteiger charge is -2.12. The Labute approximate surface area is 120 Å². The van der Waals surface area contributed by atoms with Crippen LogP contribution in [0.1, 0.15) is 26.3 Å². The van der Waals surface area contributed by atoms with Crippen molar-refractivity contribution in [1.82, 2.24) is 4.98 Å². The zero-order chi connectivity index (χ0) is 14.8. The highest BCUT2D eigenvalue weighted by Gasteiger charge is 2.17. The van der Waals surface area contributed by atoms with Gasteiger partial charge in [0.25, 0.3) is 0 Å². The summed E-state index contributed by atoms with van der Waals surface area (Å²) in [5.74, 6) is -1.76. The van der Waals surface area contributed by atoms with Crippen molar-refractivity contribution in [3.63, 3.8) is 0 Å². The first-order chi connectivity index (χ1) is 10.2. The van der Waals surface area contributed by atoms with Crippen LogP contribution in [-0.4, -0.2) is 16.7 Å². The normalized spacial score (nSPS) is 10.5. The minimum absolute atomic E-state index is 0.0416. The zero-order valence-corrected chi connectivity index (χ0v) is 10.9. The number of para-hydroxylation sites is 1. The molecule has 3 aromatic rings. The Morgan fingerprint density at radius 3 is 2.29 bits per heavy atom. The molecule has 1 heterocycles. The molecule has 0 unspecified atom stereocenters.